The molecule has 2 saturated heterocycles. The normalized spacial score (nSPS) is 29.5. The molecule has 2 aliphatic rings. The van der Waals surface area contributed by atoms with Gasteiger partial charge in [-0.2, -0.15) is 0 Å². The first-order valence-electron chi connectivity index (χ1n) is 5.51. The second kappa shape index (κ2) is 3.12. The van der Waals surface area contributed by atoms with Gasteiger partial charge in [0.15, 0.2) is 23.9 Å². The van der Waals surface area contributed by atoms with Gasteiger partial charge < -0.3 is 19.3 Å². The van der Waals surface area contributed by atoms with E-state index >= 15 is 0 Å². The van der Waals surface area contributed by atoms with Crippen LogP contribution in [-0.2, 0) is 9.47 Å². The third kappa shape index (κ3) is 1.31. The molecule has 2 aromatic carbocycles. The Balaban J connectivity index is 1.78. The van der Waals surface area contributed by atoms with E-state index in [0.717, 1.165) is 10.8 Å². The average Bonchev–Trinajstić information content (AvgIpc) is 2.99. The Labute approximate surface area is 97.3 Å². The molecule has 2 fully saturated rings. The highest BCUT2D eigenvalue weighted by atomic mass is 16.9. The molecular formula is C13H10O4. The van der Waals surface area contributed by atoms with Crippen LogP contribution in [0.15, 0.2) is 36.4 Å². The summed E-state index contributed by atoms with van der Waals surface area (Å²) in [5, 5.41) is 11.8. The van der Waals surface area contributed by atoms with Crippen LogP contribution in [0.1, 0.15) is 0 Å². The van der Waals surface area contributed by atoms with Crippen LogP contribution in [0.5, 0.6) is 11.5 Å². The zero-order valence-corrected chi connectivity index (χ0v) is 8.87. The lowest BCUT2D eigenvalue weighted by Gasteiger charge is -2.23. The van der Waals surface area contributed by atoms with Gasteiger partial charge in [0.25, 0.3) is 0 Å². The van der Waals surface area contributed by atoms with E-state index in [1.165, 1.54) is 0 Å². The van der Waals surface area contributed by atoms with Gasteiger partial charge in [0.1, 0.15) is 0 Å². The summed E-state index contributed by atoms with van der Waals surface area (Å²) in [4.78, 5) is 0. The van der Waals surface area contributed by atoms with Crippen molar-refractivity contribution in [2.45, 2.75) is 18.7 Å². The second-order valence-electron chi connectivity index (χ2n) is 4.23. The SMILES string of the molecule is Oc1ccc2ccccc2c1OC1OC2OC12. The zero-order valence-electron chi connectivity index (χ0n) is 8.87. The summed E-state index contributed by atoms with van der Waals surface area (Å²) in [6.45, 7) is 0. The predicted octanol–water partition coefficient (Wildman–Crippen LogP) is 2.01. The standard InChI is InChI=1S/C13H10O4/c14-9-6-5-7-3-1-2-4-8(7)10(9)15-12-11-13(16-11)17-12/h1-6,11-14H. The topological polar surface area (TPSA) is 51.2 Å². The van der Waals surface area contributed by atoms with E-state index in [9.17, 15) is 5.11 Å². The number of aromatic hydroxyl groups is 1. The van der Waals surface area contributed by atoms with Gasteiger partial charge in [0.05, 0.1) is 0 Å². The lowest BCUT2D eigenvalue weighted by Crippen LogP contribution is -2.38. The Bertz CT molecular complexity index is 595. The van der Waals surface area contributed by atoms with Gasteiger partial charge in [-0.05, 0) is 11.5 Å². The van der Waals surface area contributed by atoms with E-state index < -0.39 is 6.29 Å². The largest absolute Gasteiger partial charge is 0.504 e. The molecule has 0 spiro atoms. The van der Waals surface area contributed by atoms with Crippen LogP contribution >= 0.6 is 0 Å². The minimum atomic E-state index is -0.392. The predicted molar refractivity (Wildman–Crippen MR) is 59.8 cm³/mol. The zero-order chi connectivity index (χ0) is 11.4. The number of fused-ring (bicyclic) bond motifs is 2. The summed E-state index contributed by atoms with van der Waals surface area (Å²) in [6, 6.07) is 11.2. The number of epoxide rings is 1. The van der Waals surface area contributed by atoms with E-state index in [-0.39, 0.29) is 18.1 Å². The monoisotopic (exact) mass is 230 g/mol. The van der Waals surface area contributed by atoms with Crippen molar-refractivity contribution < 1.29 is 19.3 Å². The van der Waals surface area contributed by atoms with Crippen molar-refractivity contribution in [2.24, 2.45) is 0 Å². The number of hydrogen-bond donors (Lipinski definition) is 1. The number of phenolic OH excluding ortho intramolecular Hbond substituents is 1. The highest BCUT2D eigenvalue weighted by Gasteiger charge is 2.60. The van der Waals surface area contributed by atoms with Crippen LogP contribution in [-0.4, -0.2) is 23.8 Å². The Morgan fingerprint density at radius 1 is 1.06 bits per heavy atom. The maximum Gasteiger partial charge on any atom is 0.234 e. The molecule has 0 saturated carbocycles. The summed E-state index contributed by atoms with van der Waals surface area (Å²) >= 11 is 0. The molecule has 0 amide bonds. The smallest absolute Gasteiger partial charge is 0.234 e. The first kappa shape index (κ1) is 9.27. The van der Waals surface area contributed by atoms with Crippen LogP contribution in [0.25, 0.3) is 10.8 Å². The van der Waals surface area contributed by atoms with Crippen LogP contribution in [0.3, 0.4) is 0 Å². The van der Waals surface area contributed by atoms with E-state index in [4.69, 9.17) is 14.2 Å². The summed E-state index contributed by atoms with van der Waals surface area (Å²) < 4.78 is 16.1. The van der Waals surface area contributed by atoms with Gasteiger partial charge in [-0.1, -0.05) is 30.3 Å². The summed E-state index contributed by atoms with van der Waals surface area (Å²) in [7, 11) is 0. The third-order valence-electron chi connectivity index (χ3n) is 3.11. The highest BCUT2D eigenvalue weighted by molar-refractivity contribution is 5.90. The molecule has 0 radical (unpaired) electrons. The van der Waals surface area contributed by atoms with Crippen LogP contribution in [0.2, 0.25) is 0 Å². The molecule has 2 heterocycles. The van der Waals surface area contributed by atoms with Crippen molar-refractivity contribution in [2.75, 3.05) is 0 Å². The van der Waals surface area contributed by atoms with Gasteiger partial charge in [-0.3, -0.25) is 0 Å². The van der Waals surface area contributed by atoms with Crippen molar-refractivity contribution in [3.8, 4) is 11.5 Å². The summed E-state index contributed by atoms with van der Waals surface area (Å²) in [5.41, 5.74) is 0. The molecular weight excluding hydrogens is 220 g/mol. The number of rotatable bonds is 2. The fourth-order valence-corrected chi connectivity index (χ4v) is 2.10. The molecule has 2 aromatic rings. The molecule has 4 rings (SSSR count). The number of phenols is 1. The Morgan fingerprint density at radius 2 is 1.94 bits per heavy atom. The van der Waals surface area contributed by atoms with Crippen molar-refractivity contribution in [1.82, 2.24) is 0 Å². The molecule has 4 nitrogen and oxygen atoms in total. The first-order valence-corrected chi connectivity index (χ1v) is 5.51. The lowest BCUT2D eigenvalue weighted by molar-refractivity contribution is -0.152. The number of ether oxygens (including phenoxy) is 3. The van der Waals surface area contributed by atoms with Crippen LogP contribution in [0.4, 0.5) is 0 Å². The van der Waals surface area contributed by atoms with Gasteiger partial charge in [0, 0.05) is 5.39 Å². The number of benzene rings is 2. The maximum atomic E-state index is 9.86. The van der Waals surface area contributed by atoms with Crippen molar-refractivity contribution in [1.29, 1.82) is 0 Å². The van der Waals surface area contributed by atoms with Gasteiger partial charge >= 0.3 is 0 Å². The average molecular weight is 230 g/mol. The van der Waals surface area contributed by atoms with E-state index in [2.05, 4.69) is 0 Å². The molecule has 3 atom stereocenters. The van der Waals surface area contributed by atoms with Gasteiger partial charge in [-0.15, -0.1) is 0 Å². The molecule has 1 N–H and O–H groups in total. The van der Waals surface area contributed by atoms with Gasteiger partial charge in [-0.25, -0.2) is 0 Å². The van der Waals surface area contributed by atoms with Crippen LogP contribution < -0.4 is 4.74 Å². The fraction of sp³-hybridized carbons (Fsp3) is 0.231. The second-order valence-corrected chi connectivity index (χ2v) is 4.23. The fourth-order valence-electron chi connectivity index (χ4n) is 2.10. The molecule has 0 bridgehead atoms. The Hall–Kier alpha value is -1.78. The Morgan fingerprint density at radius 3 is 2.71 bits per heavy atom. The van der Waals surface area contributed by atoms with Crippen molar-refractivity contribution in [3.63, 3.8) is 0 Å². The molecule has 0 aliphatic carbocycles. The molecule has 0 aromatic heterocycles. The molecule has 17 heavy (non-hydrogen) atoms. The molecule has 4 heteroatoms. The Kier molecular flexibility index (Phi) is 1.70. The van der Waals surface area contributed by atoms with Crippen molar-refractivity contribution >= 4 is 10.8 Å². The number of hydrogen-bond acceptors (Lipinski definition) is 4. The maximum absolute atomic E-state index is 9.86. The molecule has 2 aliphatic heterocycles. The summed E-state index contributed by atoms with van der Waals surface area (Å²) in [5.74, 6) is 0.582. The van der Waals surface area contributed by atoms with Crippen LogP contribution in [0, 0.1) is 0 Å². The van der Waals surface area contributed by atoms with Crippen molar-refractivity contribution in [3.05, 3.63) is 36.4 Å². The third-order valence-corrected chi connectivity index (χ3v) is 3.11. The highest BCUT2D eigenvalue weighted by Crippen LogP contribution is 2.44. The quantitative estimate of drug-likeness (QED) is 0.802. The van der Waals surface area contributed by atoms with Gasteiger partial charge in [0.2, 0.25) is 6.29 Å². The minimum absolute atomic E-state index is 0.0355. The lowest BCUT2D eigenvalue weighted by atomic mass is 10.1. The van der Waals surface area contributed by atoms with E-state index in [0.29, 0.717) is 5.75 Å². The first-order chi connectivity index (χ1) is 8.33. The molecule has 3 unspecified atom stereocenters. The van der Waals surface area contributed by atoms with E-state index in [1.54, 1.807) is 6.07 Å². The molecule has 86 valence electrons. The van der Waals surface area contributed by atoms with E-state index in [1.807, 2.05) is 30.3 Å². The minimum Gasteiger partial charge on any atom is -0.504 e. The summed E-state index contributed by atoms with van der Waals surface area (Å²) in [6.07, 6.45) is -0.442.